The maximum Gasteiger partial charge on any atom is 0.212 e. The second kappa shape index (κ2) is 9.37. The molecule has 2 unspecified atom stereocenters. The number of benzene rings is 2. The van der Waals surface area contributed by atoms with E-state index < -0.39 is 6.23 Å². The molecule has 1 aromatic heterocycles. The molecule has 1 fully saturated rings. The number of aromatic nitrogens is 1. The van der Waals surface area contributed by atoms with Gasteiger partial charge < -0.3 is 25.0 Å². The van der Waals surface area contributed by atoms with E-state index in [2.05, 4.69) is 46.3 Å². The second-order valence-corrected chi connectivity index (χ2v) is 8.16. The summed E-state index contributed by atoms with van der Waals surface area (Å²) in [5, 5.41) is 13.8. The van der Waals surface area contributed by atoms with E-state index in [0.29, 0.717) is 11.9 Å². The van der Waals surface area contributed by atoms with Crippen LogP contribution in [0.5, 0.6) is 5.88 Å². The maximum atomic E-state index is 10.6. The van der Waals surface area contributed by atoms with Crippen LogP contribution in [0, 0.1) is 0 Å². The Hall–Kier alpha value is -3.09. The third kappa shape index (κ3) is 4.98. The van der Waals surface area contributed by atoms with E-state index in [4.69, 9.17) is 4.74 Å². The van der Waals surface area contributed by atoms with Gasteiger partial charge in [0.05, 0.1) is 7.11 Å². The first-order chi connectivity index (χ1) is 15.0. The molecule has 1 aliphatic rings. The summed E-state index contributed by atoms with van der Waals surface area (Å²) < 4.78 is 5.11. The highest BCUT2D eigenvalue weighted by molar-refractivity contribution is 5.63. The van der Waals surface area contributed by atoms with E-state index in [0.717, 1.165) is 35.5 Å². The molecule has 2 heterocycles. The van der Waals surface area contributed by atoms with Gasteiger partial charge in [-0.2, -0.15) is 0 Å². The molecule has 0 radical (unpaired) electrons. The third-order valence-corrected chi connectivity index (χ3v) is 5.93. The Labute approximate surface area is 184 Å². The van der Waals surface area contributed by atoms with Crippen molar-refractivity contribution in [3.8, 4) is 17.0 Å². The van der Waals surface area contributed by atoms with Gasteiger partial charge in [0, 0.05) is 53.9 Å². The number of aliphatic hydroxyl groups excluding tert-OH is 1. The Balaban J connectivity index is 1.37. The first-order valence-corrected chi connectivity index (χ1v) is 10.6. The molecule has 0 saturated carbocycles. The van der Waals surface area contributed by atoms with Crippen molar-refractivity contribution in [2.75, 3.05) is 44.5 Å². The third-order valence-electron chi connectivity index (χ3n) is 5.93. The summed E-state index contributed by atoms with van der Waals surface area (Å²) in [6.07, 6.45) is 2.19. The molecule has 0 spiro atoms. The normalized spacial score (nSPS) is 17.1. The smallest absolute Gasteiger partial charge is 0.212 e. The second-order valence-electron chi connectivity index (χ2n) is 8.16. The van der Waals surface area contributed by atoms with Crippen molar-refractivity contribution in [2.24, 2.45) is 0 Å². The van der Waals surface area contributed by atoms with E-state index in [1.54, 1.807) is 13.3 Å². The first-order valence-electron chi connectivity index (χ1n) is 10.6. The minimum Gasteiger partial charge on any atom is -0.481 e. The van der Waals surface area contributed by atoms with E-state index in [1.807, 2.05) is 48.5 Å². The molecule has 1 saturated heterocycles. The summed E-state index contributed by atoms with van der Waals surface area (Å²) in [5.74, 6) is 0.591. The lowest BCUT2D eigenvalue weighted by molar-refractivity contribution is 0.208. The van der Waals surface area contributed by atoms with Gasteiger partial charge in [-0.15, -0.1) is 0 Å². The van der Waals surface area contributed by atoms with Gasteiger partial charge in [-0.25, -0.2) is 4.98 Å². The van der Waals surface area contributed by atoms with Gasteiger partial charge in [0.2, 0.25) is 5.88 Å². The quantitative estimate of drug-likeness (QED) is 0.566. The molecule has 4 rings (SSSR count). The zero-order valence-corrected chi connectivity index (χ0v) is 18.3. The molecule has 2 N–H and O–H groups in total. The molecule has 0 bridgehead atoms. The standard InChI is InChI=1S/C25H30N4O2/c1-28(2)23-14-15-29(17-23)22-11-9-21(10-12-22)27-25(30)19-6-4-18(5-7-19)20-8-13-24(31-3)26-16-20/h4-13,16,23,25,27,30H,14-15,17H2,1-3H3. The van der Waals surface area contributed by atoms with Crippen molar-refractivity contribution >= 4 is 11.4 Å². The van der Waals surface area contributed by atoms with E-state index in [-0.39, 0.29) is 0 Å². The SMILES string of the molecule is COc1ccc(-c2ccc(C(O)Nc3ccc(N4CCC(N(C)C)C4)cc3)cc2)cn1. The number of hydrogen-bond acceptors (Lipinski definition) is 6. The molecule has 2 atom stereocenters. The van der Waals surface area contributed by atoms with Gasteiger partial charge in [-0.3, -0.25) is 0 Å². The van der Waals surface area contributed by atoms with Crippen molar-refractivity contribution in [1.29, 1.82) is 0 Å². The number of nitrogens with one attached hydrogen (secondary N) is 1. The fourth-order valence-electron chi connectivity index (χ4n) is 3.94. The number of anilines is 2. The van der Waals surface area contributed by atoms with Crippen LogP contribution < -0.4 is 15.0 Å². The zero-order chi connectivity index (χ0) is 21.8. The predicted octanol–water partition coefficient (Wildman–Crippen LogP) is 4.00. The van der Waals surface area contributed by atoms with Crippen LogP contribution in [0.2, 0.25) is 0 Å². The average Bonchev–Trinajstić information content (AvgIpc) is 3.30. The molecule has 1 aliphatic heterocycles. The van der Waals surface area contributed by atoms with Gasteiger partial charge in [-0.05, 0) is 56.4 Å². The minimum atomic E-state index is -0.779. The van der Waals surface area contributed by atoms with Crippen LogP contribution in [0.25, 0.3) is 11.1 Å². The Bertz CT molecular complexity index is 972. The van der Waals surface area contributed by atoms with Crippen LogP contribution >= 0.6 is 0 Å². The number of aliphatic hydroxyl groups is 1. The fourth-order valence-corrected chi connectivity index (χ4v) is 3.94. The maximum absolute atomic E-state index is 10.6. The van der Waals surface area contributed by atoms with Gasteiger partial charge in [0.1, 0.15) is 0 Å². The highest BCUT2D eigenvalue weighted by Gasteiger charge is 2.24. The summed E-state index contributed by atoms with van der Waals surface area (Å²) in [5.41, 5.74) is 4.97. The summed E-state index contributed by atoms with van der Waals surface area (Å²) in [7, 11) is 5.89. The monoisotopic (exact) mass is 418 g/mol. The Morgan fingerprint density at radius 3 is 2.32 bits per heavy atom. The van der Waals surface area contributed by atoms with Gasteiger partial charge in [-0.1, -0.05) is 24.3 Å². The topological polar surface area (TPSA) is 60.9 Å². The molecular formula is C25H30N4O2. The van der Waals surface area contributed by atoms with Crippen LogP contribution in [0.1, 0.15) is 18.2 Å². The van der Waals surface area contributed by atoms with E-state index >= 15 is 0 Å². The molecule has 0 amide bonds. The summed E-state index contributed by atoms with van der Waals surface area (Å²) in [6, 6.07) is 20.5. The molecule has 3 aromatic rings. The van der Waals surface area contributed by atoms with Crippen molar-refractivity contribution in [3.05, 3.63) is 72.4 Å². The molecule has 0 aliphatic carbocycles. The lowest BCUT2D eigenvalue weighted by Crippen LogP contribution is -2.31. The summed E-state index contributed by atoms with van der Waals surface area (Å²) in [6.45, 7) is 2.13. The summed E-state index contributed by atoms with van der Waals surface area (Å²) in [4.78, 5) is 8.95. The van der Waals surface area contributed by atoms with Crippen LogP contribution in [0.15, 0.2) is 66.9 Å². The number of pyridine rings is 1. The van der Waals surface area contributed by atoms with Gasteiger partial charge in [0.15, 0.2) is 6.23 Å². The number of methoxy groups -OCH3 is 1. The molecule has 2 aromatic carbocycles. The number of nitrogens with zero attached hydrogens (tertiary/aromatic N) is 3. The van der Waals surface area contributed by atoms with Crippen molar-refractivity contribution in [1.82, 2.24) is 9.88 Å². The fraction of sp³-hybridized carbons (Fsp3) is 0.320. The van der Waals surface area contributed by atoms with Gasteiger partial charge >= 0.3 is 0 Å². The van der Waals surface area contributed by atoms with E-state index in [1.165, 1.54) is 12.1 Å². The Morgan fingerprint density at radius 1 is 1.03 bits per heavy atom. The molecular weight excluding hydrogens is 388 g/mol. The highest BCUT2D eigenvalue weighted by Crippen LogP contribution is 2.26. The largest absolute Gasteiger partial charge is 0.481 e. The number of rotatable bonds is 7. The Kier molecular flexibility index (Phi) is 6.39. The lowest BCUT2D eigenvalue weighted by atomic mass is 10.0. The van der Waals surface area contributed by atoms with Crippen molar-refractivity contribution in [3.63, 3.8) is 0 Å². The first kappa shape index (κ1) is 21.2. The number of likely N-dealkylation sites (N-methyl/N-ethyl adjacent to an activating group) is 1. The van der Waals surface area contributed by atoms with Crippen molar-refractivity contribution < 1.29 is 9.84 Å². The van der Waals surface area contributed by atoms with Crippen molar-refractivity contribution in [2.45, 2.75) is 18.7 Å². The lowest BCUT2D eigenvalue weighted by Gasteiger charge is -2.22. The number of ether oxygens (including phenoxy) is 1. The van der Waals surface area contributed by atoms with Crippen LogP contribution in [-0.4, -0.2) is 55.3 Å². The van der Waals surface area contributed by atoms with Crippen LogP contribution in [0.3, 0.4) is 0 Å². The molecule has 6 heteroatoms. The molecule has 162 valence electrons. The minimum absolute atomic E-state index is 0.591. The zero-order valence-electron chi connectivity index (χ0n) is 18.3. The molecule has 6 nitrogen and oxygen atoms in total. The number of hydrogen-bond donors (Lipinski definition) is 2. The average molecular weight is 419 g/mol. The highest BCUT2D eigenvalue weighted by atomic mass is 16.5. The predicted molar refractivity (Wildman–Crippen MR) is 126 cm³/mol. The van der Waals surface area contributed by atoms with Gasteiger partial charge in [0.25, 0.3) is 0 Å². The van der Waals surface area contributed by atoms with E-state index in [9.17, 15) is 5.11 Å². The Morgan fingerprint density at radius 2 is 1.74 bits per heavy atom. The van der Waals surface area contributed by atoms with Crippen LogP contribution in [-0.2, 0) is 0 Å². The molecule has 31 heavy (non-hydrogen) atoms. The summed E-state index contributed by atoms with van der Waals surface area (Å²) >= 11 is 0. The van der Waals surface area contributed by atoms with Crippen LogP contribution in [0.4, 0.5) is 11.4 Å².